The molecule has 1 N–H and O–H groups in total. The Labute approximate surface area is 136 Å². The van der Waals surface area contributed by atoms with Crippen molar-refractivity contribution in [1.82, 2.24) is 9.78 Å². The molecule has 0 spiro atoms. The van der Waals surface area contributed by atoms with Crippen molar-refractivity contribution in [1.29, 1.82) is 0 Å². The number of nitrogens with zero attached hydrogens (tertiary/aromatic N) is 2. The maximum atomic E-state index is 10.3. The van der Waals surface area contributed by atoms with E-state index < -0.39 is 6.10 Å². The minimum Gasteiger partial charge on any atom is -0.388 e. The van der Waals surface area contributed by atoms with Gasteiger partial charge in [0.1, 0.15) is 0 Å². The molecule has 0 aliphatic carbocycles. The number of benzene rings is 1. The molecule has 1 aromatic carbocycles. The Morgan fingerprint density at radius 2 is 2.10 bits per heavy atom. The van der Waals surface area contributed by atoms with Gasteiger partial charge in [-0.2, -0.15) is 5.10 Å². The average Bonchev–Trinajstić information content (AvgIpc) is 2.69. The fourth-order valence-electron chi connectivity index (χ4n) is 2.06. The second kappa shape index (κ2) is 6.48. The molecule has 2 rings (SSSR count). The highest BCUT2D eigenvalue weighted by atomic mass is 79.9. The van der Waals surface area contributed by atoms with Gasteiger partial charge in [-0.25, -0.2) is 0 Å². The maximum Gasteiger partial charge on any atom is 0.0850 e. The smallest absolute Gasteiger partial charge is 0.0850 e. The van der Waals surface area contributed by atoms with Gasteiger partial charge in [-0.3, -0.25) is 4.68 Å². The highest BCUT2D eigenvalue weighted by Crippen LogP contribution is 2.29. The highest BCUT2D eigenvalue weighted by molar-refractivity contribution is 9.10. The molecular weight excluding hydrogens is 363 g/mol. The summed E-state index contributed by atoms with van der Waals surface area (Å²) < 4.78 is 2.53. The molecule has 1 heterocycles. The van der Waals surface area contributed by atoms with Crippen molar-refractivity contribution in [2.24, 2.45) is 7.05 Å². The lowest BCUT2D eigenvalue weighted by Gasteiger charge is -2.12. The Morgan fingerprint density at radius 3 is 2.65 bits per heavy atom. The van der Waals surface area contributed by atoms with Crippen LogP contribution in [0.1, 0.15) is 30.0 Å². The summed E-state index contributed by atoms with van der Waals surface area (Å²) in [6.45, 7) is 2.00. The van der Waals surface area contributed by atoms with Gasteiger partial charge in [0.2, 0.25) is 0 Å². The van der Waals surface area contributed by atoms with Crippen LogP contribution in [0.15, 0.2) is 22.7 Å². The molecule has 0 fully saturated rings. The maximum absolute atomic E-state index is 10.3. The third-order valence-corrected chi connectivity index (χ3v) is 4.89. The molecule has 0 radical (unpaired) electrons. The summed E-state index contributed by atoms with van der Waals surface area (Å²) in [4.78, 5) is 0. The van der Waals surface area contributed by atoms with Crippen molar-refractivity contribution in [2.45, 2.75) is 25.9 Å². The van der Waals surface area contributed by atoms with E-state index in [9.17, 15) is 5.11 Å². The molecule has 1 aromatic heterocycles. The molecule has 2 aromatic rings. The molecule has 108 valence electrons. The molecule has 1 atom stereocenters. The van der Waals surface area contributed by atoms with Crippen molar-refractivity contribution in [2.75, 3.05) is 0 Å². The van der Waals surface area contributed by atoms with Crippen LogP contribution < -0.4 is 0 Å². The standard InChI is InChI=1S/C14H15BrCl2N2O/c1-3-11-14(17)12(19(2)18-11)7-13(20)8-4-5-9(15)10(16)6-8/h4-6,13,20H,3,7H2,1-2H3. The minimum atomic E-state index is -0.668. The van der Waals surface area contributed by atoms with Crippen LogP contribution in [0.4, 0.5) is 0 Å². The molecule has 0 saturated carbocycles. The summed E-state index contributed by atoms with van der Waals surface area (Å²) in [6, 6.07) is 5.41. The van der Waals surface area contributed by atoms with E-state index in [-0.39, 0.29) is 0 Å². The van der Waals surface area contributed by atoms with E-state index in [0.717, 1.165) is 27.8 Å². The van der Waals surface area contributed by atoms with Crippen LogP contribution in [-0.2, 0) is 19.9 Å². The second-order valence-corrected chi connectivity index (χ2v) is 6.22. The fraction of sp³-hybridized carbons (Fsp3) is 0.357. The largest absolute Gasteiger partial charge is 0.388 e. The number of halogens is 3. The van der Waals surface area contributed by atoms with E-state index in [2.05, 4.69) is 21.0 Å². The molecule has 0 aliphatic heterocycles. The van der Waals surface area contributed by atoms with Gasteiger partial charge in [-0.1, -0.05) is 36.2 Å². The highest BCUT2D eigenvalue weighted by Gasteiger charge is 2.18. The van der Waals surface area contributed by atoms with Crippen molar-refractivity contribution in [3.05, 3.63) is 49.7 Å². The number of aryl methyl sites for hydroxylation is 2. The van der Waals surface area contributed by atoms with Crippen LogP contribution in [0.2, 0.25) is 10.0 Å². The van der Waals surface area contributed by atoms with Crippen LogP contribution in [-0.4, -0.2) is 14.9 Å². The normalized spacial score (nSPS) is 12.7. The molecule has 1 unspecified atom stereocenters. The first-order valence-electron chi connectivity index (χ1n) is 6.27. The zero-order chi connectivity index (χ0) is 14.9. The predicted molar refractivity (Wildman–Crippen MR) is 85.4 cm³/mol. The first-order valence-corrected chi connectivity index (χ1v) is 7.82. The first-order chi connectivity index (χ1) is 9.43. The van der Waals surface area contributed by atoms with Gasteiger partial charge in [-0.15, -0.1) is 0 Å². The van der Waals surface area contributed by atoms with E-state index in [1.54, 1.807) is 10.7 Å². The Morgan fingerprint density at radius 1 is 1.40 bits per heavy atom. The molecule has 0 amide bonds. The lowest BCUT2D eigenvalue weighted by atomic mass is 10.0. The van der Waals surface area contributed by atoms with Crippen LogP contribution in [0.25, 0.3) is 0 Å². The number of aromatic nitrogens is 2. The predicted octanol–water partition coefficient (Wildman–Crippen LogP) is 4.33. The Bertz CT molecular complexity index is 628. The van der Waals surface area contributed by atoms with Gasteiger partial charge in [-0.05, 0) is 40.0 Å². The SMILES string of the molecule is CCc1nn(C)c(CC(O)c2ccc(Br)c(Cl)c2)c1Cl. The van der Waals surface area contributed by atoms with Gasteiger partial charge < -0.3 is 5.11 Å². The summed E-state index contributed by atoms with van der Waals surface area (Å²) in [6.07, 6.45) is 0.505. The number of aliphatic hydroxyl groups excluding tert-OH is 1. The summed E-state index contributed by atoms with van der Waals surface area (Å²) in [7, 11) is 1.83. The lowest BCUT2D eigenvalue weighted by molar-refractivity contribution is 0.176. The van der Waals surface area contributed by atoms with Crippen molar-refractivity contribution in [3.63, 3.8) is 0 Å². The van der Waals surface area contributed by atoms with E-state index in [1.165, 1.54) is 0 Å². The van der Waals surface area contributed by atoms with Crippen LogP contribution >= 0.6 is 39.1 Å². The Kier molecular flexibility index (Phi) is 5.13. The van der Waals surface area contributed by atoms with E-state index in [0.29, 0.717) is 16.5 Å². The van der Waals surface area contributed by atoms with Crippen LogP contribution in [0.5, 0.6) is 0 Å². The fourth-order valence-corrected chi connectivity index (χ4v) is 2.87. The number of hydrogen-bond acceptors (Lipinski definition) is 2. The third kappa shape index (κ3) is 3.19. The zero-order valence-electron chi connectivity index (χ0n) is 11.2. The summed E-state index contributed by atoms with van der Waals surface area (Å²) in [5, 5.41) is 15.9. The number of hydrogen-bond donors (Lipinski definition) is 1. The topological polar surface area (TPSA) is 38.0 Å². The van der Waals surface area contributed by atoms with E-state index in [4.69, 9.17) is 23.2 Å². The number of rotatable bonds is 4. The van der Waals surface area contributed by atoms with Gasteiger partial charge in [0.15, 0.2) is 0 Å². The summed E-state index contributed by atoms with van der Waals surface area (Å²) in [5.74, 6) is 0. The van der Waals surface area contributed by atoms with Gasteiger partial charge in [0.05, 0.1) is 27.5 Å². The summed E-state index contributed by atoms with van der Waals surface area (Å²) in [5.41, 5.74) is 2.44. The molecule has 20 heavy (non-hydrogen) atoms. The van der Waals surface area contributed by atoms with Crippen molar-refractivity contribution in [3.8, 4) is 0 Å². The molecule has 3 nitrogen and oxygen atoms in total. The Balaban J connectivity index is 2.25. The Hall–Kier alpha value is -0.550. The third-order valence-electron chi connectivity index (χ3n) is 3.22. The van der Waals surface area contributed by atoms with E-state index in [1.807, 2.05) is 26.1 Å². The zero-order valence-corrected chi connectivity index (χ0v) is 14.3. The monoisotopic (exact) mass is 376 g/mol. The summed E-state index contributed by atoms with van der Waals surface area (Å²) >= 11 is 15.7. The minimum absolute atomic E-state index is 0.403. The van der Waals surface area contributed by atoms with Gasteiger partial charge in [0, 0.05) is 17.9 Å². The second-order valence-electron chi connectivity index (χ2n) is 4.58. The van der Waals surface area contributed by atoms with Gasteiger partial charge in [0.25, 0.3) is 0 Å². The quantitative estimate of drug-likeness (QED) is 0.861. The molecular formula is C14H15BrCl2N2O. The first kappa shape index (κ1) is 15.8. The van der Waals surface area contributed by atoms with E-state index >= 15 is 0 Å². The average molecular weight is 378 g/mol. The number of aliphatic hydroxyl groups is 1. The van der Waals surface area contributed by atoms with Gasteiger partial charge >= 0.3 is 0 Å². The molecule has 0 bridgehead atoms. The molecule has 0 aliphatic rings. The molecule has 6 heteroatoms. The van der Waals surface area contributed by atoms with Crippen molar-refractivity contribution < 1.29 is 5.11 Å². The van der Waals surface area contributed by atoms with Crippen LogP contribution in [0, 0.1) is 0 Å². The van der Waals surface area contributed by atoms with Crippen LogP contribution in [0.3, 0.4) is 0 Å². The molecule has 0 saturated heterocycles. The lowest BCUT2D eigenvalue weighted by Crippen LogP contribution is -2.07. The van der Waals surface area contributed by atoms with Crippen molar-refractivity contribution >= 4 is 39.1 Å².